The fraction of sp³-hybridized carbons (Fsp3) is 0.500. The van der Waals surface area contributed by atoms with Crippen LogP contribution in [0.15, 0.2) is 18.2 Å². The van der Waals surface area contributed by atoms with Gasteiger partial charge in [-0.2, -0.15) is 0 Å². The predicted octanol–water partition coefficient (Wildman–Crippen LogP) is 3.18. The van der Waals surface area contributed by atoms with Crippen LogP contribution in [0.5, 0.6) is 0 Å². The molecule has 1 aliphatic rings. The molecule has 1 saturated carbocycles. The van der Waals surface area contributed by atoms with Gasteiger partial charge in [0.2, 0.25) is 0 Å². The average Bonchev–Trinajstić information content (AvgIpc) is 2.56. The van der Waals surface area contributed by atoms with E-state index in [-0.39, 0.29) is 22.3 Å². The number of hydrogen-bond acceptors (Lipinski definition) is 4. The minimum Gasteiger partial charge on any atom is -0.358 e. The SMILES string of the molecule is C[C@@H]1[C@@H](C)CCC[C@H]1NC(=S)NNC(=O)c1ccc([N+](=O)[O-])cc1Cl. The Balaban J connectivity index is 1.89. The molecule has 0 radical (unpaired) electrons. The molecule has 1 fully saturated rings. The van der Waals surface area contributed by atoms with E-state index >= 15 is 0 Å². The Morgan fingerprint density at radius 2 is 2.04 bits per heavy atom. The number of halogens is 1. The highest BCUT2D eigenvalue weighted by Gasteiger charge is 2.27. The fourth-order valence-electron chi connectivity index (χ4n) is 2.97. The van der Waals surface area contributed by atoms with Gasteiger partial charge >= 0.3 is 0 Å². The molecule has 9 heteroatoms. The maximum Gasteiger partial charge on any atom is 0.271 e. The molecule has 136 valence electrons. The van der Waals surface area contributed by atoms with E-state index in [1.54, 1.807) is 0 Å². The number of nitrogens with zero attached hydrogens (tertiary/aromatic N) is 1. The number of benzene rings is 1. The molecule has 25 heavy (non-hydrogen) atoms. The van der Waals surface area contributed by atoms with Crippen molar-refractivity contribution in [3.63, 3.8) is 0 Å². The molecule has 1 amide bonds. The third-order valence-corrected chi connectivity index (χ3v) is 5.25. The van der Waals surface area contributed by atoms with Crippen LogP contribution in [0, 0.1) is 22.0 Å². The number of amides is 1. The van der Waals surface area contributed by atoms with E-state index in [0.29, 0.717) is 16.9 Å². The number of non-ortho nitro benzene ring substituents is 1. The van der Waals surface area contributed by atoms with Crippen LogP contribution in [0.4, 0.5) is 5.69 Å². The molecule has 0 heterocycles. The van der Waals surface area contributed by atoms with Gasteiger partial charge in [-0.1, -0.05) is 38.3 Å². The first-order valence-electron chi connectivity index (χ1n) is 8.10. The van der Waals surface area contributed by atoms with Crippen LogP contribution in [0.2, 0.25) is 5.02 Å². The number of nitro benzene ring substituents is 1. The van der Waals surface area contributed by atoms with Crippen molar-refractivity contribution < 1.29 is 9.72 Å². The number of nitrogens with one attached hydrogen (secondary N) is 3. The Morgan fingerprint density at radius 1 is 1.32 bits per heavy atom. The molecule has 1 aromatic carbocycles. The molecule has 0 aliphatic heterocycles. The summed E-state index contributed by atoms with van der Waals surface area (Å²) in [4.78, 5) is 22.3. The van der Waals surface area contributed by atoms with E-state index in [0.717, 1.165) is 18.9 Å². The van der Waals surface area contributed by atoms with Gasteiger partial charge < -0.3 is 5.32 Å². The summed E-state index contributed by atoms with van der Waals surface area (Å²) < 4.78 is 0. The van der Waals surface area contributed by atoms with Crippen molar-refractivity contribution in [1.29, 1.82) is 0 Å². The quantitative estimate of drug-likeness (QED) is 0.420. The van der Waals surface area contributed by atoms with Crippen LogP contribution in [0.1, 0.15) is 43.5 Å². The first-order chi connectivity index (χ1) is 11.8. The van der Waals surface area contributed by atoms with Gasteiger partial charge in [0.25, 0.3) is 11.6 Å². The van der Waals surface area contributed by atoms with E-state index < -0.39 is 10.8 Å². The minimum absolute atomic E-state index is 0.00195. The number of nitro groups is 1. The van der Waals surface area contributed by atoms with E-state index in [2.05, 4.69) is 30.0 Å². The van der Waals surface area contributed by atoms with Crippen LogP contribution < -0.4 is 16.2 Å². The summed E-state index contributed by atoms with van der Waals surface area (Å²) in [5.74, 6) is 0.602. The summed E-state index contributed by atoms with van der Waals surface area (Å²) in [6.07, 6.45) is 3.40. The van der Waals surface area contributed by atoms with Crippen molar-refractivity contribution in [3.05, 3.63) is 38.9 Å². The number of carbonyl (C=O) groups excluding carboxylic acids is 1. The molecule has 0 bridgehead atoms. The van der Waals surface area contributed by atoms with Crippen molar-refractivity contribution >= 4 is 40.5 Å². The molecule has 1 aromatic rings. The Kier molecular flexibility index (Phi) is 6.55. The Morgan fingerprint density at radius 3 is 2.68 bits per heavy atom. The number of hydrogen-bond donors (Lipinski definition) is 3. The third-order valence-electron chi connectivity index (χ3n) is 4.72. The van der Waals surface area contributed by atoms with Crippen LogP contribution in [-0.4, -0.2) is 22.0 Å². The monoisotopic (exact) mass is 384 g/mol. The summed E-state index contributed by atoms with van der Waals surface area (Å²) in [5, 5.41) is 14.3. The van der Waals surface area contributed by atoms with E-state index in [1.807, 2.05) is 0 Å². The Bertz CT molecular complexity index is 685. The van der Waals surface area contributed by atoms with Crippen LogP contribution in [-0.2, 0) is 0 Å². The lowest BCUT2D eigenvalue weighted by atomic mass is 9.78. The van der Waals surface area contributed by atoms with Crippen molar-refractivity contribution in [3.8, 4) is 0 Å². The summed E-state index contributed by atoms with van der Waals surface area (Å²) in [6, 6.07) is 3.93. The maximum atomic E-state index is 12.1. The molecule has 7 nitrogen and oxygen atoms in total. The van der Waals surface area contributed by atoms with E-state index in [1.165, 1.54) is 18.6 Å². The van der Waals surface area contributed by atoms with Crippen molar-refractivity contribution in [2.75, 3.05) is 0 Å². The summed E-state index contributed by atoms with van der Waals surface area (Å²) >= 11 is 11.2. The van der Waals surface area contributed by atoms with Gasteiger partial charge in [-0.3, -0.25) is 25.8 Å². The topological polar surface area (TPSA) is 96.3 Å². The molecular formula is C16H21ClN4O3S. The number of carbonyl (C=O) groups is 1. The lowest BCUT2D eigenvalue weighted by Crippen LogP contribution is -2.52. The van der Waals surface area contributed by atoms with Crippen molar-refractivity contribution in [2.24, 2.45) is 11.8 Å². The number of rotatable bonds is 3. The summed E-state index contributed by atoms with van der Waals surface area (Å²) in [5.41, 5.74) is 5.07. The van der Waals surface area contributed by atoms with Gasteiger partial charge in [0.15, 0.2) is 5.11 Å². The molecule has 0 aromatic heterocycles. The molecule has 1 aliphatic carbocycles. The average molecular weight is 385 g/mol. The minimum atomic E-state index is -0.572. The molecule has 0 saturated heterocycles. The lowest BCUT2D eigenvalue weighted by Gasteiger charge is -2.35. The highest BCUT2D eigenvalue weighted by Crippen LogP contribution is 2.29. The highest BCUT2D eigenvalue weighted by atomic mass is 35.5. The molecule has 0 spiro atoms. The first-order valence-corrected chi connectivity index (χ1v) is 8.89. The second kappa shape index (κ2) is 8.44. The highest BCUT2D eigenvalue weighted by molar-refractivity contribution is 7.80. The van der Waals surface area contributed by atoms with Gasteiger partial charge in [0.05, 0.1) is 15.5 Å². The molecule has 2 rings (SSSR count). The zero-order valence-electron chi connectivity index (χ0n) is 14.0. The van der Waals surface area contributed by atoms with Crippen LogP contribution in [0.25, 0.3) is 0 Å². The van der Waals surface area contributed by atoms with Crippen molar-refractivity contribution in [1.82, 2.24) is 16.2 Å². The Hall–Kier alpha value is -1.93. The zero-order chi connectivity index (χ0) is 18.6. The van der Waals surface area contributed by atoms with E-state index in [9.17, 15) is 14.9 Å². The molecule has 3 atom stereocenters. The van der Waals surface area contributed by atoms with Gasteiger partial charge in [-0.05, 0) is 36.5 Å². The lowest BCUT2D eigenvalue weighted by molar-refractivity contribution is -0.384. The predicted molar refractivity (Wildman–Crippen MR) is 100 cm³/mol. The van der Waals surface area contributed by atoms with Gasteiger partial charge in [-0.25, -0.2) is 0 Å². The molecule has 0 unspecified atom stereocenters. The summed E-state index contributed by atoms with van der Waals surface area (Å²) in [6.45, 7) is 4.42. The second-order valence-electron chi connectivity index (χ2n) is 6.35. The van der Waals surface area contributed by atoms with E-state index in [4.69, 9.17) is 23.8 Å². The van der Waals surface area contributed by atoms with Crippen molar-refractivity contribution in [2.45, 2.75) is 39.2 Å². The van der Waals surface area contributed by atoms with Crippen LogP contribution >= 0.6 is 23.8 Å². The second-order valence-corrected chi connectivity index (χ2v) is 7.16. The standard InChI is InChI=1S/C16H21ClN4O3S/c1-9-4-3-5-14(10(9)2)18-16(25)20-19-15(22)12-7-6-11(21(23)24)8-13(12)17/h6-10,14H,3-5H2,1-2H3,(H,19,22)(H2,18,20,25)/t9-,10+,14+/m0/s1. The third kappa shape index (κ3) is 5.02. The van der Waals surface area contributed by atoms with Gasteiger partial charge in [-0.15, -0.1) is 0 Å². The fourth-order valence-corrected chi connectivity index (χ4v) is 3.44. The zero-order valence-corrected chi connectivity index (χ0v) is 15.6. The molecule has 3 N–H and O–H groups in total. The van der Waals surface area contributed by atoms with Crippen LogP contribution in [0.3, 0.4) is 0 Å². The smallest absolute Gasteiger partial charge is 0.271 e. The number of hydrazine groups is 1. The largest absolute Gasteiger partial charge is 0.358 e. The van der Waals surface area contributed by atoms with Gasteiger partial charge in [0.1, 0.15) is 0 Å². The maximum absolute atomic E-state index is 12.1. The molecular weight excluding hydrogens is 364 g/mol. The summed E-state index contributed by atoms with van der Waals surface area (Å²) in [7, 11) is 0. The van der Waals surface area contributed by atoms with Gasteiger partial charge in [0, 0.05) is 18.2 Å². The number of thiocarbonyl (C=S) groups is 1. The normalized spacial score (nSPS) is 22.8. The first kappa shape index (κ1) is 19.4. The Labute approximate surface area is 156 Å².